The normalized spacial score (nSPS) is 13.1. The number of fused-ring (bicyclic) bond motifs is 1. The number of carbonyl (C=O) groups excluding carboxylic acids is 2. The van der Waals surface area contributed by atoms with Gasteiger partial charge in [0.05, 0.1) is 23.9 Å². The number of rotatable bonds is 5. The molecule has 0 saturated heterocycles. The second-order valence-electron chi connectivity index (χ2n) is 5.87. The van der Waals surface area contributed by atoms with Gasteiger partial charge in [-0.2, -0.15) is 0 Å². The van der Waals surface area contributed by atoms with Crippen molar-refractivity contribution in [2.75, 3.05) is 25.1 Å². The van der Waals surface area contributed by atoms with Crippen LogP contribution in [-0.4, -0.2) is 31.7 Å². The molecule has 0 unspecified atom stereocenters. The van der Waals surface area contributed by atoms with Crippen molar-refractivity contribution in [2.45, 2.75) is 6.42 Å². The Morgan fingerprint density at radius 1 is 1.14 bits per heavy atom. The summed E-state index contributed by atoms with van der Waals surface area (Å²) in [5.74, 6) is -0.524. The molecular formula is C20H17ClFNO5. The molecule has 0 aliphatic carbocycles. The average molecular weight is 406 g/mol. The third kappa shape index (κ3) is 5.47. The summed E-state index contributed by atoms with van der Waals surface area (Å²) in [6.07, 6.45) is 3.56. The molecule has 28 heavy (non-hydrogen) atoms. The second kappa shape index (κ2) is 9.23. The number of carbonyl (C=O) groups is 2. The van der Waals surface area contributed by atoms with Crippen LogP contribution in [0.3, 0.4) is 0 Å². The Kier molecular flexibility index (Phi) is 6.49. The minimum absolute atomic E-state index is 0.0500. The molecule has 0 radical (unpaired) electrons. The summed E-state index contributed by atoms with van der Waals surface area (Å²) in [5.41, 5.74) is 0.954. The molecule has 8 heteroatoms. The van der Waals surface area contributed by atoms with E-state index in [0.29, 0.717) is 24.7 Å². The number of anilines is 1. The predicted molar refractivity (Wildman–Crippen MR) is 102 cm³/mol. The van der Waals surface area contributed by atoms with Crippen LogP contribution in [0.5, 0.6) is 11.5 Å². The lowest BCUT2D eigenvalue weighted by molar-refractivity contribution is -0.142. The smallest absolute Gasteiger partial charge is 0.331 e. The van der Waals surface area contributed by atoms with Crippen LogP contribution in [-0.2, 0) is 14.3 Å². The molecule has 2 aromatic rings. The molecule has 0 atom stereocenters. The standard InChI is InChI=1S/C20H17ClFNO5/c21-15-11-14(22)4-5-16(15)23-19(24)12-28-20(25)7-3-13-2-6-17-18(10-13)27-9-1-8-26-17/h2-7,10-11H,1,8-9,12H2,(H,23,24)/b7-3+. The molecule has 0 spiro atoms. The van der Waals surface area contributed by atoms with Crippen molar-refractivity contribution < 1.29 is 28.2 Å². The number of esters is 1. The Labute approximate surface area is 165 Å². The third-order valence-electron chi connectivity index (χ3n) is 3.73. The van der Waals surface area contributed by atoms with E-state index < -0.39 is 24.3 Å². The van der Waals surface area contributed by atoms with Crippen LogP contribution in [0.1, 0.15) is 12.0 Å². The fraction of sp³-hybridized carbons (Fsp3) is 0.200. The van der Waals surface area contributed by atoms with Gasteiger partial charge in [-0.05, 0) is 42.0 Å². The van der Waals surface area contributed by atoms with Crippen molar-refractivity contribution in [1.82, 2.24) is 0 Å². The fourth-order valence-corrected chi connectivity index (χ4v) is 2.62. The van der Waals surface area contributed by atoms with Crippen molar-refractivity contribution >= 4 is 35.2 Å². The van der Waals surface area contributed by atoms with Crippen LogP contribution >= 0.6 is 11.6 Å². The summed E-state index contributed by atoms with van der Waals surface area (Å²) >= 11 is 5.82. The molecule has 6 nitrogen and oxygen atoms in total. The summed E-state index contributed by atoms with van der Waals surface area (Å²) in [7, 11) is 0. The number of amides is 1. The molecule has 1 aliphatic rings. The van der Waals surface area contributed by atoms with E-state index in [0.717, 1.165) is 24.1 Å². The quantitative estimate of drug-likeness (QED) is 0.604. The SMILES string of the molecule is O=C(COC(=O)/C=C/c1ccc2c(c1)OCCCO2)Nc1ccc(F)cc1Cl. The molecule has 146 valence electrons. The highest BCUT2D eigenvalue weighted by Gasteiger charge is 2.11. The van der Waals surface area contributed by atoms with Crippen LogP contribution in [0.4, 0.5) is 10.1 Å². The Morgan fingerprint density at radius 3 is 2.71 bits per heavy atom. The van der Waals surface area contributed by atoms with Gasteiger partial charge in [0.1, 0.15) is 5.82 Å². The van der Waals surface area contributed by atoms with Crippen molar-refractivity contribution in [3.8, 4) is 11.5 Å². The number of ether oxygens (including phenoxy) is 3. The fourth-order valence-electron chi connectivity index (χ4n) is 2.41. The van der Waals surface area contributed by atoms with Gasteiger partial charge >= 0.3 is 5.97 Å². The molecule has 1 amide bonds. The predicted octanol–water partition coefficient (Wildman–Crippen LogP) is 3.84. The summed E-state index contributed by atoms with van der Waals surface area (Å²) < 4.78 is 29.0. The second-order valence-corrected chi connectivity index (χ2v) is 6.28. The summed E-state index contributed by atoms with van der Waals surface area (Å²) in [4.78, 5) is 23.6. The van der Waals surface area contributed by atoms with Crippen LogP contribution in [0.15, 0.2) is 42.5 Å². The van der Waals surface area contributed by atoms with Gasteiger partial charge in [-0.15, -0.1) is 0 Å². The van der Waals surface area contributed by atoms with E-state index in [1.54, 1.807) is 24.3 Å². The van der Waals surface area contributed by atoms with Gasteiger partial charge in [0.25, 0.3) is 5.91 Å². The number of benzene rings is 2. The monoisotopic (exact) mass is 405 g/mol. The van der Waals surface area contributed by atoms with E-state index in [-0.39, 0.29) is 10.7 Å². The number of halogens is 2. The number of hydrogen-bond acceptors (Lipinski definition) is 5. The highest BCUT2D eigenvalue weighted by atomic mass is 35.5. The van der Waals surface area contributed by atoms with E-state index in [4.69, 9.17) is 25.8 Å². The molecule has 2 aromatic carbocycles. The number of hydrogen-bond donors (Lipinski definition) is 1. The van der Waals surface area contributed by atoms with Crippen molar-refractivity contribution in [1.29, 1.82) is 0 Å². The average Bonchev–Trinajstić information content (AvgIpc) is 2.92. The highest BCUT2D eigenvalue weighted by Crippen LogP contribution is 2.30. The maximum atomic E-state index is 13.0. The zero-order chi connectivity index (χ0) is 19.9. The van der Waals surface area contributed by atoms with Gasteiger partial charge in [-0.1, -0.05) is 17.7 Å². The molecule has 1 N–H and O–H groups in total. The van der Waals surface area contributed by atoms with Gasteiger partial charge in [-0.25, -0.2) is 9.18 Å². The van der Waals surface area contributed by atoms with Crippen LogP contribution < -0.4 is 14.8 Å². The first-order chi connectivity index (χ1) is 13.5. The molecule has 0 bridgehead atoms. The third-order valence-corrected chi connectivity index (χ3v) is 4.05. The summed E-state index contributed by atoms with van der Waals surface area (Å²) in [6.45, 7) is 0.660. The van der Waals surface area contributed by atoms with Crippen LogP contribution in [0.25, 0.3) is 6.08 Å². The van der Waals surface area contributed by atoms with E-state index >= 15 is 0 Å². The Hall–Kier alpha value is -3.06. The lowest BCUT2D eigenvalue weighted by Gasteiger charge is -2.08. The van der Waals surface area contributed by atoms with Crippen LogP contribution in [0, 0.1) is 5.82 Å². The molecule has 0 aromatic heterocycles. The van der Waals surface area contributed by atoms with Gasteiger partial charge in [-0.3, -0.25) is 4.79 Å². The largest absolute Gasteiger partial charge is 0.490 e. The lowest BCUT2D eigenvalue weighted by Crippen LogP contribution is -2.20. The zero-order valence-electron chi connectivity index (χ0n) is 14.7. The maximum absolute atomic E-state index is 13.0. The lowest BCUT2D eigenvalue weighted by atomic mass is 10.2. The van der Waals surface area contributed by atoms with Crippen molar-refractivity contribution in [2.24, 2.45) is 0 Å². The first-order valence-corrected chi connectivity index (χ1v) is 8.88. The molecule has 3 rings (SSSR count). The van der Waals surface area contributed by atoms with Gasteiger partial charge in [0, 0.05) is 12.5 Å². The molecule has 0 fully saturated rings. The topological polar surface area (TPSA) is 73.9 Å². The van der Waals surface area contributed by atoms with E-state index in [1.165, 1.54) is 12.1 Å². The van der Waals surface area contributed by atoms with Crippen LogP contribution in [0.2, 0.25) is 5.02 Å². The molecular weight excluding hydrogens is 389 g/mol. The highest BCUT2D eigenvalue weighted by molar-refractivity contribution is 6.33. The van der Waals surface area contributed by atoms with Crippen molar-refractivity contribution in [3.05, 3.63) is 58.9 Å². The van der Waals surface area contributed by atoms with E-state index in [1.807, 2.05) is 0 Å². The van der Waals surface area contributed by atoms with Gasteiger partial charge in [0.15, 0.2) is 18.1 Å². The molecule has 1 aliphatic heterocycles. The maximum Gasteiger partial charge on any atom is 0.331 e. The first kappa shape index (κ1) is 19.7. The molecule has 1 heterocycles. The summed E-state index contributed by atoms with van der Waals surface area (Å²) in [5, 5.41) is 2.49. The zero-order valence-corrected chi connectivity index (χ0v) is 15.5. The van der Waals surface area contributed by atoms with Crippen molar-refractivity contribution in [3.63, 3.8) is 0 Å². The van der Waals surface area contributed by atoms with Gasteiger partial charge < -0.3 is 19.5 Å². The number of nitrogens with one attached hydrogen (secondary N) is 1. The molecule has 0 saturated carbocycles. The van der Waals surface area contributed by atoms with Gasteiger partial charge in [0.2, 0.25) is 0 Å². The first-order valence-electron chi connectivity index (χ1n) is 8.50. The van der Waals surface area contributed by atoms with E-state index in [9.17, 15) is 14.0 Å². The Balaban J connectivity index is 1.51. The minimum atomic E-state index is -0.688. The van der Waals surface area contributed by atoms with E-state index in [2.05, 4.69) is 5.32 Å². The Morgan fingerprint density at radius 2 is 1.93 bits per heavy atom. The minimum Gasteiger partial charge on any atom is -0.490 e. The summed E-state index contributed by atoms with van der Waals surface area (Å²) in [6, 6.07) is 8.86. The Bertz CT molecular complexity index is 915.